The number of fused-ring (bicyclic) bond motifs is 7. The van der Waals surface area contributed by atoms with Crippen LogP contribution in [0.2, 0.25) is 0 Å². The molecule has 14 nitrogen and oxygen atoms in total. The standard InChI is InChI=1S/C54H73N9O5/c1-6-59-43-25-36-10-7-13-38-34-12-9-21-52(3,27-33-15-18-44(55)61-29-33)28-37-11-8-14-40-47(37)49(65)54(50(66)67-30-41(43)39(17-16-34)46(36)38)53(68-54,48(40)64)22-19-32(2)24-42(63-51(56)58-5)35-20-23-60-45(26-35)62-31-57-4/h7-8,10-11,14-15,18-20,25-26,29,34,38-39,41-44,46,57,59-62H,6,9,12-13,16-17,21-24,27-28,30-31,55H2,1-5H3,(H3,56,58,63). The van der Waals surface area contributed by atoms with Gasteiger partial charge in [-0.1, -0.05) is 86.9 Å². The number of carbonyl (C=O) groups is 3. The van der Waals surface area contributed by atoms with Crippen LogP contribution in [0.25, 0.3) is 0 Å². The predicted molar refractivity (Wildman–Crippen MR) is 266 cm³/mol. The van der Waals surface area contributed by atoms with Gasteiger partial charge in [-0.25, -0.2) is 4.79 Å². The van der Waals surface area contributed by atoms with Crippen LogP contribution in [0.3, 0.4) is 0 Å². The zero-order chi connectivity index (χ0) is 47.8. The van der Waals surface area contributed by atoms with E-state index < -0.39 is 23.0 Å². The Hall–Kier alpha value is -5.28. The summed E-state index contributed by atoms with van der Waals surface area (Å²) in [7, 11) is 3.51. The smallest absolute Gasteiger partial charge is 0.350 e. The number of aliphatic imine (C=N–C) groups is 1. The van der Waals surface area contributed by atoms with Gasteiger partial charge in [-0.15, -0.1) is 0 Å². The zero-order valence-corrected chi connectivity index (χ0v) is 40.6. The first-order chi connectivity index (χ1) is 32.8. The molecule has 6 bridgehead atoms. The van der Waals surface area contributed by atoms with Crippen LogP contribution in [-0.4, -0.2) is 93.4 Å². The van der Waals surface area contributed by atoms with Gasteiger partial charge in [0.15, 0.2) is 17.3 Å². The van der Waals surface area contributed by atoms with Crippen molar-refractivity contribution in [2.24, 2.45) is 51.5 Å². The van der Waals surface area contributed by atoms with E-state index in [1.807, 2.05) is 50.5 Å². The number of allylic oxidation sites excluding steroid dienone is 5. The van der Waals surface area contributed by atoms with Crippen molar-refractivity contribution in [1.29, 1.82) is 0 Å². The summed E-state index contributed by atoms with van der Waals surface area (Å²) in [6, 6.07) is 5.31. The molecular formula is C54H73N9O5. The molecule has 1 aromatic carbocycles. The summed E-state index contributed by atoms with van der Waals surface area (Å²) in [6.45, 7) is 8.50. The second-order valence-corrected chi connectivity index (χ2v) is 20.9. The van der Waals surface area contributed by atoms with Crippen molar-refractivity contribution in [1.82, 2.24) is 31.9 Å². The molecule has 1 saturated heterocycles. The van der Waals surface area contributed by atoms with E-state index in [9.17, 15) is 0 Å². The summed E-state index contributed by atoms with van der Waals surface area (Å²) in [5.41, 5.74) is 14.1. The highest BCUT2D eigenvalue weighted by Gasteiger charge is 2.85. The maximum atomic E-state index is 15.6. The SMILES string of the molecule is CCNC1C=C2C=CCC3C4CCCC(C)(CC5=CNC(N)C=C5)Cc5cccc6c5C(=O)C5(OC5(CC=C(C)CC(NC(N)=NC)C5=CCNC(NCNC)=C5)C6=O)C(=O)OCC1C(CC4)C23. The van der Waals surface area contributed by atoms with Crippen LogP contribution in [0.4, 0.5) is 0 Å². The largest absolute Gasteiger partial charge is 0.463 e. The lowest BCUT2D eigenvalue weighted by Gasteiger charge is -2.52. The number of hydrogen-bond donors (Lipinski definition) is 8. The van der Waals surface area contributed by atoms with E-state index in [1.54, 1.807) is 13.1 Å². The van der Waals surface area contributed by atoms with E-state index in [1.165, 1.54) is 5.57 Å². The average Bonchev–Trinajstić information content (AvgIpc) is 4.05. The van der Waals surface area contributed by atoms with Crippen LogP contribution in [0.15, 0.2) is 106 Å². The second kappa shape index (κ2) is 19.6. The quantitative estimate of drug-likeness (QED) is 0.0247. The molecule has 0 radical (unpaired) electrons. The van der Waals surface area contributed by atoms with Crippen LogP contribution in [-0.2, 0) is 20.7 Å². The van der Waals surface area contributed by atoms with Crippen LogP contribution in [0.5, 0.6) is 0 Å². The number of epoxide rings is 1. The molecule has 1 aromatic rings. The molecule has 5 heterocycles. The number of carbonyl (C=O) groups excluding carboxylic acids is 3. The van der Waals surface area contributed by atoms with E-state index >= 15 is 14.4 Å². The first kappa shape index (κ1) is 47.8. The van der Waals surface area contributed by atoms with Crippen molar-refractivity contribution in [3.8, 4) is 0 Å². The third-order valence-electron chi connectivity index (χ3n) is 16.4. The number of nitrogens with two attached hydrogens (primary N) is 2. The van der Waals surface area contributed by atoms with Gasteiger partial charge in [-0.3, -0.25) is 14.6 Å². The van der Waals surface area contributed by atoms with Crippen molar-refractivity contribution in [3.05, 3.63) is 118 Å². The molecule has 10 rings (SSSR count). The maximum absolute atomic E-state index is 15.6. The number of hydrogen-bond acceptors (Lipinski definition) is 12. The van der Waals surface area contributed by atoms with Gasteiger partial charge >= 0.3 is 5.97 Å². The van der Waals surface area contributed by atoms with Gasteiger partial charge in [0.05, 0.1) is 25.5 Å². The normalized spacial score (nSPS) is 34.7. The minimum absolute atomic E-state index is 0.000111. The highest BCUT2D eigenvalue weighted by molar-refractivity contribution is 6.33. The lowest BCUT2D eigenvalue weighted by molar-refractivity contribution is -0.151. The molecule has 14 heteroatoms. The average molecular weight is 928 g/mol. The van der Waals surface area contributed by atoms with Crippen LogP contribution in [0.1, 0.15) is 105 Å². The summed E-state index contributed by atoms with van der Waals surface area (Å²) in [4.78, 5) is 50.3. The van der Waals surface area contributed by atoms with Gasteiger partial charge in [0, 0.05) is 49.3 Å². The molecule has 1 saturated carbocycles. The minimum Gasteiger partial charge on any atom is -0.463 e. The first-order valence-corrected chi connectivity index (χ1v) is 25.1. The maximum Gasteiger partial charge on any atom is 0.350 e. The Labute approximate surface area is 402 Å². The number of nitrogens with zero attached hydrogens (tertiary/aromatic N) is 1. The van der Waals surface area contributed by atoms with Crippen LogP contribution >= 0.6 is 0 Å². The van der Waals surface area contributed by atoms with Gasteiger partial charge in [0.1, 0.15) is 5.82 Å². The predicted octanol–water partition coefficient (Wildman–Crippen LogP) is 5.09. The topological polar surface area (TPSA) is 210 Å². The fourth-order valence-electron chi connectivity index (χ4n) is 13.1. The minimum atomic E-state index is -2.12. The molecule has 68 heavy (non-hydrogen) atoms. The monoisotopic (exact) mass is 928 g/mol. The molecule has 4 aliphatic carbocycles. The molecule has 0 amide bonds. The Morgan fingerprint density at radius 3 is 2.74 bits per heavy atom. The Kier molecular flexibility index (Phi) is 13.8. The number of ketones is 2. The van der Waals surface area contributed by atoms with E-state index in [4.69, 9.17) is 20.9 Å². The Morgan fingerprint density at radius 1 is 1.10 bits per heavy atom. The molecule has 11 unspecified atom stereocenters. The second-order valence-electron chi connectivity index (χ2n) is 20.9. The summed E-state index contributed by atoms with van der Waals surface area (Å²) in [5.74, 6) is 1.34. The summed E-state index contributed by atoms with van der Waals surface area (Å²) in [5, 5.41) is 20.2. The van der Waals surface area contributed by atoms with E-state index in [2.05, 4.69) is 81.1 Å². The number of rotatable bonds is 13. The third kappa shape index (κ3) is 8.93. The molecule has 364 valence electrons. The fourth-order valence-corrected chi connectivity index (χ4v) is 13.1. The lowest BCUT2D eigenvalue weighted by Crippen LogP contribution is -2.53. The lowest BCUT2D eigenvalue weighted by atomic mass is 9.54. The number of likely N-dealkylation sites (N-methyl/N-ethyl adjacent to an activating group) is 1. The van der Waals surface area contributed by atoms with Crippen molar-refractivity contribution in [2.75, 3.05) is 40.5 Å². The molecule has 11 atom stereocenters. The Bertz CT molecular complexity index is 2420. The molecule has 1 spiro atoms. The number of Topliss-reactive ketones (excluding diaryl/α,β-unsaturated/α-hetero) is 2. The van der Waals surface area contributed by atoms with Crippen LogP contribution < -0.4 is 43.4 Å². The van der Waals surface area contributed by atoms with Gasteiger partial charge in [-0.2, -0.15) is 0 Å². The summed E-state index contributed by atoms with van der Waals surface area (Å²) < 4.78 is 13.1. The van der Waals surface area contributed by atoms with Gasteiger partial charge in [0.2, 0.25) is 5.78 Å². The number of guanidine groups is 1. The Balaban J connectivity index is 1.09. The van der Waals surface area contributed by atoms with Gasteiger partial charge in [0.25, 0.3) is 5.60 Å². The molecule has 0 aromatic heterocycles. The molecule has 9 aliphatic rings. The van der Waals surface area contributed by atoms with Crippen molar-refractivity contribution >= 4 is 23.5 Å². The molecule has 5 aliphatic heterocycles. The third-order valence-corrected chi connectivity index (χ3v) is 16.4. The molecular weight excluding hydrogens is 855 g/mol. The van der Waals surface area contributed by atoms with Crippen molar-refractivity contribution < 1.29 is 23.9 Å². The molecule has 10 N–H and O–H groups in total. The summed E-state index contributed by atoms with van der Waals surface area (Å²) >= 11 is 0. The number of nitrogens with one attached hydrogen (secondary N) is 6. The van der Waals surface area contributed by atoms with Gasteiger partial charge in [-0.05, 0) is 129 Å². The number of esters is 1. The first-order valence-electron chi connectivity index (χ1n) is 25.1. The van der Waals surface area contributed by atoms with Crippen molar-refractivity contribution in [3.63, 3.8) is 0 Å². The van der Waals surface area contributed by atoms with E-state index in [-0.39, 0.29) is 54.0 Å². The highest BCUT2D eigenvalue weighted by Crippen LogP contribution is 2.60. The molecule has 2 fully saturated rings. The highest BCUT2D eigenvalue weighted by atomic mass is 16.7. The van der Waals surface area contributed by atoms with Gasteiger partial charge < -0.3 is 52.8 Å². The van der Waals surface area contributed by atoms with E-state index in [0.29, 0.717) is 61.2 Å². The van der Waals surface area contributed by atoms with Crippen molar-refractivity contribution in [2.45, 2.75) is 114 Å². The number of dihydropyridines is 2. The van der Waals surface area contributed by atoms with E-state index in [0.717, 1.165) is 79.6 Å². The number of ether oxygens (including phenoxy) is 2. The van der Waals surface area contributed by atoms with Crippen LogP contribution in [0, 0.1) is 35.0 Å². The zero-order valence-electron chi connectivity index (χ0n) is 40.6. The fraction of sp³-hybridized carbons (Fsp3) is 0.556. The summed E-state index contributed by atoms with van der Waals surface area (Å²) in [6.07, 6.45) is 27.2. The Morgan fingerprint density at radius 2 is 1.96 bits per heavy atom. The number of benzene rings is 1.